The number of nitrogens with zero attached hydrogens (tertiary/aromatic N) is 2. The van der Waals surface area contributed by atoms with Crippen molar-refractivity contribution in [2.75, 3.05) is 0 Å². The van der Waals surface area contributed by atoms with Gasteiger partial charge < -0.3 is 4.74 Å². The molecule has 0 aliphatic carbocycles. The minimum atomic E-state index is -0.657. The zero-order chi connectivity index (χ0) is 19.9. The van der Waals surface area contributed by atoms with Crippen LogP contribution >= 0.6 is 15.9 Å². The van der Waals surface area contributed by atoms with Crippen molar-refractivity contribution in [3.63, 3.8) is 0 Å². The van der Waals surface area contributed by atoms with Crippen LogP contribution in [0.3, 0.4) is 0 Å². The Bertz CT molecular complexity index is 1040. The first-order chi connectivity index (χ1) is 13.5. The van der Waals surface area contributed by atoms with Gasteiger partial charge in [-0.25, -0.2) is 14.6 Å². The van der Waals surface area contributed by atoms with Gasteiger partial charge in [0.2, 0.25) is 0 Å². The summed E-state index contributed by atoms with van der Waals surface area (Å²) in [6.07, 6.45) is 4.45. The molecule has 1 amide bonds. The van der Waals surface area contributed by atoms with Gasteiger partial charge in [0.05, 0.1) is 17.3 Å². The summed E-state index contributed by atoms with van der Waals surface area (Å²) in [6, 6.07) is 13.3. The van der Waals surface area contributed by atoms with Crippen molar-refractivity contribution in [2.24, 2.45) is 5.10 Å². The van der Waals surface area contributed by atoms with Gasteiger partial charge in [-0.2, -0.15) is 5.10 Å². The highest BCUT2D eigenvalue weighted by Gasteiger charge is 2.09. The van der Waals surface area contributed by atoms with E-state index in [1.165, 1.54) is 30.6 Å². The van der Waals surface area contributed by atoms with Crippen LogP contribution in [0.25, 0.3) is 0 Å². The molecule has 2 aromatic carbocycles. The second-order valence-electron chi connectivity index (χ2n) is 5.56. The number of amides is 1. The summed E-state index contributed by atoms with van der Waals surface area (Å²) in [6.45, 7) is 0. The molecular weight excluding hydrogens is 429 g/mol. The molecule has 3 aromatic rings. The smallest absolute Gasteiger partial charge is 0.343 e. The highest BCUT2D eigenvalue weighted by atomic mass is 79.9. The summed E-state index contributed by atoms with van der Waals surface area (Å²) >= 11 is 3.24. The van der Waals surface area contributed by atoms with Crippen LogP contribution in [-0.4, -0.2) is 23.1 Å². The Balaban J connectivity index is 1.57. The number of aromatic nitrogens is 1. The van der Waals surface area contributed by atoms with Crippen LogP contribution in [0.2, 0.25) is 0 Å². The first kappa shape index (κ1) is 19.4. The molecule has 3 rings (SSSR count). The first-order valence-electron chi connectivity index (χ1n) is 8.03. The lowest BCUT2D eigenvalue weighted by Gasteiger charge is -2.04. The topological polar surface area (TPSA) is 80.6 Å². The predicted octanol–water partition coefficient (Wildman–Crippen LogP) is 3.97. The van der Waals surface area contributed by atoms with Crippen molar-refractivity contribution in [1.82, 2.24) is 10.4 Å². The number of hydrogen-bond donors (Lipinski definition) is 1. The van der Waals surface area contributed by atoms with E-state index in [1.54, 1.807) is 36.5 Å². The lowest BCUT2D eigenvalue weighted by Crippen LogP contribution is -2.17. The number of carbonyl (C=O) groups excluding carboxylic acids is 2. The summed E-state index contributed by atoms with van der Waals surface area (Å²) in [7, 11) is 0. The van der Waals surface area contributed by atoms with E-state index >= 15 is 0 Å². The van der Waals surface area contributed by atoms with Crippen LogP contribution in [-0.2, 0) is 0 Å². The third-order valence-corrected chi connectivity index (χ3v) is 3.93. The molecule has 0 radical (unpaired) electrons. The van der Waals surface area contributed by atoms with E-state index in [-0.39, 0.29) is 5.56 Å². The lowest BCUT2D eigenvalue weighted by molar-refractivity contribution is 0.0734. The molecule has 1 N–H and O–H groups in total. The number of benzene rings is 2. The van der Waals surface area contributed by atoms with Crippen LogP contribution in [0.15, 0.2) is 76.6 Å². The van der Waals surface area contributed by atoms with E-state index in [0.717, 1.165) is 6.07 Å². The number of rotatable bonds is 5. The number of hydrazone groups is 1. The average Bonchev–Trinajstić information content (AvgIpc) is 2.69. The molecule has 8 heteroatoms. The zero-order valence-electron chi connectivity index (χ0n) is 14.3. The molecule has 140 valence electrons. The Morgan fingerprint density at radius 1 is 1.07 bits per heavy atom. The van der Waals surface area contributed by atoms with Crippen LogP contribution in [0.5, 0.6) is 5.75 Å². The largest absolute Gasteiger partial charge is 0.423 e. The molecule has 0 spiro atoms. The van der Waals surface area contributed by atoms with E-state index in [9.17, 15) is 14.0 Å². The SMILES string of the molecule is O=C(N/N=C\c1ccc(OC(=O)c2cccc(F)c2)cc1)c1cncc(Br)c1. The van der Waals surface area contributed by atoms with Crippen molar-refractivity contribution < 1.29 is 18.7 Å². The van der Waals surface area contributed by atoms with E-state index < -0.39 is 17.7 Å². The Morgan fingerprint density at radius 3 is 2.57 bits per heavy atom. The maximum atomic E-state index is 13.2. The minimum Gasteiger partial charge on any atom is -0.423 e. The van der Waals surface area contributed by atoms with Gasteiger partial charge in [-0.05, 0) is 70.0 Å². The number of pyridine rings is 1. The van der Waals surface area contributed by atoms with Crippen LogP contribution in [0.1, 0.15) is 26.3 Å². The molecule has 0 atom stereocenters. The number of halogens is 2. The molecule has 1 aromatic heterocycles. The number of carbonyl (C=O) groups is 2. The summed E-state index contributed by atoms with van der Waals surface area (Å²) in [5.74, 6) is -1.26. The molecule has 0 fully saturated rings. The maximum Gasteiger partial charge on any atom is 0.343 e. The van der Waals surface area contributed by atoms with Gasteiger partial charge in [-0.1, -0.05) is 6.07 Å². The third kappa shape index (κ3) is 5.31. The number of ether oxygens (including phenoxy) is 1. The normalized spacial score (nSPS) is 10.6. The van der Waals surface area contributed by atoms with Gasteiger partial charge in [-0.15, -0.1) is 0 Å². The van der Waals surface area contributed by atoms with E-state index in [4.69, 9.17) is 4.74 Å². The van der Waals surface area contributed by atoms with Crippen molar-refractivity contribution in [2.45, 2.75) is 0 Å². The Morgan fingerprint density at radius 2 is 1.86 bits per heavy atom. The zero-order valence-corrected chi connectivity index (χ0v) is 15.9. The van der Waals surface area contributed by atoms with Gasteiger partial charge in [0.1, 0.15) is 11.6 Å². The predicted molar refractivity (Wildman–Crippen MR) is 105 cm³/mol. The number of nitrogens with one attached hydrogen (secondary N) is 1. The van der Waals surface area contributed by atoms with Crippen molar-refractivity contribution in [3.05, 3.63) is 94.0 Å². The van der Waals surface area contributed by atoms with Crippen molar-refractivity contribution >= 4 is 34.0 Å². The molecule has 1 heterocycles. The second-order valence-corrected chi connectivity index (χ2v) is 6.48. The molecule has 0 aliphatic rings. The quantitative estimate of drug-likeness (QED) is 0.281. The fourth-order valence-corrected chi connectivity index (χ4v) is 2.53. The molecule has 28 heavy (non-hydrogen) atoms. The molecule has 0 aliphatic heterocycles. The van der Waals surface area contributed by atoms with E-state index in [2.05, 4.69) is 31.4 Å². The monoisotopic (exact) mass is 441 g/mol. The molecule has 6 nitrogen and oxygen atoms in total. The van der Waals surface area contributed by atoms with E-state index in [1.807, 2.05) is 0 Å². The van der Waals surface area contributed by atoms with Gasteiger partial charge in [0.25, 0.3) is 5.91 Å². The van der Waals surface area contributed by atoms with E-state index in [0.29, 0.717) is 21.3 Å². The van der Waals surface area contributed by atoms with Gasteiger partial charge in [-0.3, -0.25) is 9.78 Å². The van der Waals surface area contributed by atoms with Gasteiger partial charge in [0, 0.05) is 16.9 Å². The highest BCUT2D eigenvalue weighted by Crippen LogP contribution is 2.14. The first-order valence-corrected chi connectivity index (χ1v) is 8.82. The summed E-state index contributed by atoms with van der Waals surface area (Å²) in [5, 5.41) is 3.88. The Labute approximate surface area is 168 Å². The standard InChI is InChI=1S/C20H13BrFN3O3/c21-16-8-15(11-23-12-16)19(26)25-24-10-13-4-6-18(7-5-13)28-20(27)14-2-1-3-17(22)9-14/h1-12H,(H,25,26)/b24-10-. The molecule has 0 bridgehead atoms. The number of esters is 1. The molecule has 0 unspecified atom stereocenters. The third-order valence-electron chi connectivity index (χ3n) is 3.50. The summed E-state index contributed by atoms with van der Waals surface area (Å²) < 4.78 is 19.0. The van der Waals surface area contributed by atoms with Gasteiger partial charge >= 0.3 is 5.97 Å². The Kier molecular flexibility index (Phi) is 6.23. The van der Waals surface area contributed by atoms with Crippen LogP contribution < -0.4 is 10.2 Å². The fraction of sp³-hybridized carbons (Fsp3) is 0. The number of hydrogen-bond acceptors (Lipinski definition) is 5. The minimum absolute atomic E-state index is 0.121. The molecule has 0 saturated heterocycles. The Hall–Kier alpha value is -3.39. The average molecular weight is 442 g/mol. The van der Waals surface area contributed by atoms with Crippen molar-refractivity contribution in [1.29, 1.82) is 0 Å². The van der Waals surface area contributed by atoms with Crippen LogP contribution in [0, 0.1) is 5.82 Å². The maximum absolute atomic E-state index is 13.2. The second kappa shape index (κ2) is 9.01. The van der Waals surface area contributed by atoms with Gasteiger partial charge in [0.15, 0.2) is 0 Å². The fourth-order valence-electron chi connectivity index (χ4n) is 2.17. The highest BCUT2D eigenvalue weighted by molar-refractivity contribution is 9.10. The summed E-state index contributed by atoms with van der Waals surface area (Å²) in [4.78, 5) is 27.8. The lowest BCUT2D eigenvalue weighted by atomic mass is 10.2. The molecule has 0 saturated carbocycles. The molecular formula is C20H13BrFN3O3. The van der Waals surface area contributed by atoms with Crippen LogP contribution in [0.4, 0.5) is 4.39 Å². The summed E-state index contributed by atoms with van der Waals surface area (Å²) in [5.41, 5.74) is 3.56. The van der Waals surface area contributed by atoms with Crippen molar-refractivity contribution in [3.8, 4) is 5.75 Å².